The van der Waals surface area contributed by atoms with Gasteiger partial charge in [0.15, 0.2) is 0 Å². The fraction of sp³-hybridized carbons (Fsp3) is 0.889. The molecule has 5 heterocycles. The third-order valence-corrected chi connectivity index (χ3v) is 20.0. The van der Waals surface area contributed by atoms with E-state index in [4.69, 9.17) is 70.6 Å². The number of esters is 1. The molecule has 5 aliphatic rings. The van der Waals surface area contributed by atoms with Crippen LogP contribution in [0.4, 0.5) is 209 Å². The maximum absolute atomic E-state index is 13.9. The Morgan fingerprint density at radius 2 is 0.567 bits per heavy atom. The van der Waals surface area contributed by atoms with Gasteiger partial charge in [-0.3, -0.25) is 18.9 Å². The molecule has 4 saturated heterocycles. The quantitative estimate of drug-likeness (QED) is 0.0327. The molecule has 4 fully saturated rings. The Morgan fingerprint density at radius 3 is 0.732 bits per heavy atom. The van der Waals surface area contributed by atoms with Gasteiger partial charge in [0, 0.05) is 0 Å². The third kappa shape index (κ3) is 27.1. The van der Waals surface area contributed by atoms with Gasteiger partial charge in [0.25, 0.3) is 15.1 Å². The topological polar surface area (TPSA) is 255 Å². The number of hydrogen-bond acceptors (Lipinski definition) is 21. The molecule has 0 aromatic rings. The molecule has 0 radical (unpaired) electrons. The van der Waals surface area contributed by atoms with Crippen molar-refractivity contribution in [3.05, 3.63) is 24.7 Å². The first-order chi connectivity index (χ1) is 53.0. The summed E-state index contributed by atoms with van der Waals surface area (Å²) in [5.41, 5.74) is 0. The van der Waals surface area contributed by atoms with Crippen molar-refractivity contribution in [2.75, 3.05) is 57.7 Å². The summed E-state index contributed by atoms with van der Waals surface area (Å²) in [7, 11) is -33.6. The van der Waals surface area contributed by atoms with Gasteiger partial charge in [-0.05, 0) is 48.5 Å². The molecule has 0 aliphatic carbocycles. The minimum Gasteiger partial charge on any atom is -0.787 e. The van der Waals surface area contributed by atoms with Gasteiger partial charge in [-0.2, -0.15) is 242 Å². The summed E-state index contributed by atoms with van der Waals surface area (Å²) in [4.78, 5) is 9.82. The second kappa shape index (κ2) is 41.6. The van der Waals surface area contributed by atoms with Crippen LogP contribution >= 0.6 is 91.2 Å². The minimum absolute atomic E-state index is 0. The Morgan fingerprint density at radius 1 is 0.394 bits per heavy atom. The van der Waals surface area contributed by atoms with E-state index >= 15 is 0 Å². The van der Waals surface area contributed by atoms with Crippen molar-refractivity contribution < 1.29 is 329 Å². The predicted molar refractivity (Wildman–Crippen MR) is 326 cm³/mol. The van der Waals surface area contributed by atoms with E-state index in [9.17, 15) is 247 Å². The van der Waals surface area contributed by atoms with Crippen LogP contribution in [-0.4, -0.2) is 244 Å². The Kier molecular flexibility index (Phi) is 44.6. The van der Waals surface area contributed by atoms with Crippen LogP contribution in [0.15, 0.2) is 24.7 Å². The van der Waals surface area contributed by atoms with E-state index in [-0.39, 0.29) is 55.0 Å². The standard InChI is InChI=1S/C9H13F7O2S.C6Cl4F8O4S.C6Cl2F10O4S.C6F10O4S.C6H4F8O4S.C4H4ClF3O2.C4H10S.C2H2F2.2CH4.Na/c1-19(2,3)9(15,16)6(10,11)7(8(12,13)14)17-4-5-18-7;7-3(8)4(9,10)22-2(21-3,5(13,14)15)1(11,12)6(16,17)23(18,19)20;7-3(11)4(8,12)22-2(21-3,5(13,14)15)1(9,10)6(16,17)23(18,19)20;7-1-2(8)20-4(19-1,5(11,12)13)3(9,10)6(14,15)21(16,17)18;7-3(8,6(12,13)19(14,15)16)4(5(9,10)11)17-1-2-18-4;5-1-2-10-3(9)4(6,7)8;1-4(2,3)5;1-2(3)4;;;/h4-5H2,1-3H3;;;;1-2H2;1-2H2;5H,1-3H3;1H2;2*1H4;/q;;;;;;;;;;+1/p-1. The molecule has 0 aromatic heterocycles. The van der Waals surface area contributed by atoms with Crippen LogP contribution in [0.5, 0.6) is 0 Å². The van der Waals surface area contributed by atoms with Crippen molar-refractivity contribution in [3.63, 3.8) is 0 Å². The van der Waals surface area contributed by atoms with Crippen LogP contribution in [0.25, 0.3) is 0 Å². The molecule has 0 N–H and O–H groups in total. The van der Waals surface area contributed by atoms with Gasteiger partial charge >= 0.3 is 221 Å². The summed E-state index contributed by atoms with van der Waals surface area (Å²) in [5.74, 6) is -63.9. The number of halogens is 55. The molecule has 0 amide bonds. The molecule has 0 spiro atoms. The molecule has 0 aromatic carbocycles. The monoisotopic (exact) mass is 2270 g/mol. The summed E-state index contributed by atoms with van der Waals surface area (Å²) in [5, 5.41) is -43.1. The molecule has 762 valence electrons. The van der Waals surface area contributed by atoms with Crippen molar-refractivity contribution >= 4 is 151 Å². The number of carbonyl (C=O) groups excluding carboxylic acids is 1. The van der Waals surface area contributed by atoms with Crippen molar-refractivity contribution in [2.45, 2.75) is 182 Å². The van der Waals surface area contributed by atoms with Crippen LogP contribution in [0.3, 0.4) is 0 Å². The molecule has 2 unspecified atom stereocenters. The average molecular weight is 2280 g/mol. The second-order valence-corrected chi connectivity index (χ2v) is 37.8. The molecule has 2 atom stereocenters. The third-order valence-electron chi connectivity index (χ3n) is 12.1. The van der Waals surface area contributed by atoms with E-state index in [1.165, 1.54) is 0 Å². The van der Waals surface area contributed by atoms with Gasteiger partial charge in [0.2, 0.25) is 0 Å². The smallest absolute Gasteiger partial charge is 0.787 e. The molecular formula is C45H40Cl7F48NaO20S6. The fourth-order valence-electron chi connectivity index (χ4n) is 6.66. The first-order valence-electron chi connectivity index (χ1n) is 27.3. The number of carbonyl (C=O) groups is 1. The summed E-state index contributed by atoms with van der Waals surface area (Å²) in [6, 6.07) is -6.22. The van der Waals surface area contributed by atoms with Gasteiger partial charge < -0.3 is 45.8 Å². The number of alkyl halides is 47. The molecular weight excluding hydrogens is 2240 g/mol. The van der Waals surface area contributed by atoms with Gasteiger partial charge in [0.05, 0.1) is 32.3 Å². The molecule has 5 rings (SSSR count). The fourth-order valence-corrected chi connectivity index (χ4v) is 10.3. The van der Waals surface area contributed by atoms with E-state index < -0.39 is 250 Å². The zero-order valence-electron chi connectivity index (χ0n) is 58.4. The largest absolute Gasteiger partial charge is 1.00 e. The Hall–Kier alpha value is -1.60. The van der Waals surface area contributed by atoms with Crippen molar-refractivity contribution in [1.29, 1.82) is 0 Å². The summed E-state index contributed by atoms with van der Waals surface area (Å²) < 4.78 is 717. The zero-order chi connectivity index (χ0) is 102. The SMILES string of the molecule is C.C.C=C(F)F.CC(C)(C)[S-].CS(C)(C)C(F)(F)C(F)(F)C1(C(F)(F)F)OCCO1.O=C(OCCCl)C(F)(F)F.O=S(=O)(F)C(F)(F)C(F)(F)C1(C(F)(F)F)OC(Cl)(Cl)C(Cl)(Cl)O1.O=S(=O)(F)C(F)(F)C(F)(F)C1(C(F)(F)F)OC(F)(Cl)C(F)(Cl)O1.O=S(=O)(F)C(F)(F)C(F)(F)C1(C(F)(F)F)OC(F)=C(F)O1.O=S(=O)(F)C(F)(F)C(F)(F)C1(C(F)(F)F)OCCO1.[Na+]. The molecule has 82 heteroatoms. The molecule has 0 bridgehead atoms. The number of ether oxygens (including phenoxy) is 11. The Bertz CT molecular complexity index is 4020. The Labute approximate surface area is 739 Å². The number of rotatable bonds is 17. The van der Waals surface area contributed by atoms with Gasteiger partial charge in [-0.15, -0.1) is 11.6 Å². The van der Waals surface area contributed by atoms with E-state index in [0.717, 1.165) is 18.8 Å². The number of hydrogen-bond donors (Lipinski definition) is 0. The van der Waals surface area contributed by atoms with Crippen LogP contribution in [0, 0.1) is 0 Å². The van der Waals surface area contributed by atoms with Crippen LogP contribution in [0.2, 0.25) is 0 Å². The summed E-state index contributed by atoms with van der Waals surface area (Å²) in [6.45, 7) is 3.84. The maximum atomic E-state index is 13.9. The predicted octanol–water partition coefficient (Wildman–Crippen LogP) is 17.9. The first-order valence-corrected chi connectivity index (χ1v) is 38.9. The van der Waals surface area contributed by atoms with Gasteiger partial charge in [-0.1, -0.05) is 97.6 Å². The van der Waals surface area contributed by atoms with Crippen LogP contribution < -0.4 is 29.6 Å². The summed E-state index contributed by atoms with van der Waals surface area (Å²) in [6.07, 6.45) is -36.8. The molecule has 127 heavy (non-hydrogen) atoms. The van der Waals surface area contributed by atoms with E-state index in [1.54, 1.807) is 0 Å². The average Bonchev–Trinajstić information content (AvgIpc) is 1.58. The van der Waals surface area contributed by atoms with Crippen molar-refractivity contribution in [2.24, 2.45) is 0 Å². The normalized spacial score (nSPS) is 22.8. The maximum Gasteiger partial charge on any atom is 1.00 e. The van der Waals surface area contributed by atoms with E-state index in [1.807, 2.05) is 20.8 Å². The molecule has 5 aliphatic heterocycles. The van der Waals surface area contributed by atoms with Gasteiger partial charge in [0.1, 0.15) is 6.61 Å². The first kappa shape index (κ1) is 136. The zero-order valence-corrected chi connectivity index (χ0v) is 70.5. The second-order valence-electron chi connectivity index (χ2n) is 23.0. The molecule has 0 saturated carbocycles. The van der Waals surface area contributed by atoms with Crippen molar-refractivity contribution in [1.82, 2.24) is 0 Å². The molecule has 20 nitrogen and oxygen atoms in total. The Balaban J connectivity index is -0.000000341. The van der Waals surface area contributed by atoms with Crippen molar-refractivity contribution in [3.8, 4) is 0 Å². The van der Waals surface area contributed by atoms with E-state index in [2.05, 4.69) is 81.9 Å². The summed E-state index contributed by atoms with van der Waals surface area (Å²) >= 11 is 38.1. The van der Waals surface area contributed by atoms with Crippen LogP contribution in [-0.2, 0) is 110 Å². The minimum atomic E-state index is -7.74. The van der Waals surface area contributed by atoms with E-state index in [0.29, 0.717) is 0 Å². The van der Waals surface area contributed by atoms with Crippen LogP contribution in [0.1, 0.15) is 35.6 Å². The van der Waals surface area contributed by atoms with Gasteiger partial charge in [-0.25, -0.2) is 4.79 Å².